The van der Waals surface area contributed by atoms with Crippen molar-refractivity contribution in [2.45, 2.75) is 6.82 Å². The van der Waals surface area contributed by atoms with Crippen LogP contribution in [0.15, 0.2) is 114 Å². The number of para-hydroxylation sites is 1. The van der Waals surface area contributed by atoms with Gasteiger partial charge >= 0.3 is 0 Å². The fourth-order valence-electron chi connectivity index (χ4n) is 5.20. The third kappa shape index (κ3) is 3.59. The Bertz CT molecular complexity index is 1780. The fraction of sp³-hybridized carbons (Fsp3) is 0.0303. The summed E-state index contributed by atoms with van der Waals surface area (Å²) in [6.45, 7) is 6.50. The van der Waals surface area contributed by atoms with E-state index < -0.39 is 0 Å². The SMILES string of the molecule is C=c1/c(=C\C=C(/BC)c2c3ccccc3c(-c3ccccc3)c3ccccc23)oc2ccccc12. The Hall–Kier alpha value is -4.30. The number of hydrogen-bond donors (Lipinski definition) is 0. The van der Waals surface area contributed by atoms with E-state index in [0.29, 0.717) is 0 Å². The van der Waals surface area contributed by atoms with E-state index in [4.69, 9.17) is 4.42 Å². The summed E-state index contributed by atoms with van der Waals surface area (Å²) in [5.74, 6) is 0. The zero-order valence-electron chi connectivity index (χ0n) is 19.8. The first kappa shape index (κ1) is 21.3. The molecule has 1 nitrogen and oxygen atoms in total. The molecule has 0 aliphatic heterocycles. The first-order valence-corrected chi connectivity index (χ1v) is 12.1. The van der Waals surface area contributed by atoms with Crippen LogP contribution in [-0.4, -0.2) is 7.28 Å². The number of hydrogen-bond acceptors (Lipinski definition) is 1. The van der Waals surface area contributed by atoms with Crippen LogP contribution in [0, 0.1) is 0 Å². The van der Waals surface area contributed by atoms with Crippen LogP contribution in [0.2, 0.25) is 6.82 Å². The first-order chi connectivity index (χ1) is 17.3. The molecule has 0 aliphatic rings. The van der Waals surface area contributed by atoms with Crippen LogP contribution in [0.3, 0.4) is 0 Å². The maximum atomic E-state index is 6.12. The monoisotopic (exact) mass is 448 g/mol. The predicted molar refractivity (Wildman–Crippen MR) is 153 cm³/mol. The number of fused-ring (bicyclic) bond motifs is 3. The molecule has 166 valence electrons. The van der Waals surface area contributed by atoms with Gasteiger partial charge in [-0.2, -0.15) is 0 Å². The minimum absolute atomic E-state index is 0.812. The zero-order chi connectivity index (χ0) is 23.8. The van der Waals surface area contributed by atoms with Crippen molar-refractivity contribution in [2.75, 3.05) is 0 Å². The predicted octanol–water partition coefficient (Wildman–Crippen LogP) is 7.12. The molecule has 1 aromatic heterocycles. The Balaban J connectivity index is 1.67. The molecule has 0 saturated carbocycles. The average molecular weight is 448 g/mol. The van der Waals surface area contributed by atoms with Crippen molar-refractivity contribution in [1.82, 2.24) is 0 Å². The highest BCUT2D eigenvalue weighted by Gasteiger charge is 2.16. The molecule has 0 atom stereocenters. The average Bonchev–Trinajstić information content (AvgIpc) is 3.24. The smallest absolute Gasteiger partial charge is 0.155 e. The molecular weight excluding hydrogens is 423 g/mol. The van der Waals surface area contributed by atoms with Crippen molar-refractivity contribution in [3.05, 3.63) is 125 Å². The van der Waals surface area contributed by atoms with Gasteiger partial charge in [0.1, 0.15) is 11.0 Å². The lowest BCUT2D eigenvalue weighted by atomic mass is 9.66. The number of rotatable bonds is 4. The zero-order valence-corrected chi connectivity index (χ0v) is 19.8. The Labute approximate surface area is 205 Å². The Morgan fingerprint density at radius 1 is 0.686 bits per heavy atom. The Morgan fingerprint density at radius 3 is 1.83 bits per heavy atom. The summed E-state index contributed by atoms with van der Waals surface area (Å²) < 4.78 is 6.12. The molecule has 0 unspecified atom stereocenters. The lowest BCUT2D eigenvalue weighted by molar-refractivity contribution is 0.576. The molecule has 0 aliphatic carbocycles. The van der Waals surface area contributed by atoms with Crippen LogP contribution in [0.4, 0.5) is 0 Å². The number of benzene rings is 5. The molecule has 6 aromatic rings. The summed E-state index contributed by atoms with van der Waals surface area (Å²) in [5.41, 5.74) is 6.78. The molecule has 0 saturated heterocycles. The van der Waals surface area contributed by atoms with Gasteiger partial charge in [-0.1, -0.05) is 122 Å². The molecule has 0 fully saturated rings. The van der Waals surface area contributed by atoms with Crippen molar-refractivity contribution < 1.29 is 4.42 Å². The maximum absolute atomic E-state index is 6.12. The van der Waals surface area contributed by atoms with Crippen LogP contribution in [-0.2, 0) is 0 Å². The van der Waals surface area contributed by atoms with E-state index in [1.165, 1.54) is 43.7 Å². The van der Waals surface area contributed by atoms with Gasteiger partial charge in [-0.25, -0.2) is 0 Å². The van der Waals surface area contributed by atoms with Gasteiger partial charge in [0.05, 0.1) is 0 Å². The van der Waals surface area contributed by atoms with Crippen molar-refractivity contribution in [3.63, 3.8) is 0 Å². The lowest BCUT2D eigenvalue weighted by Crippen LogP contribution is -2.17. The first-order valence-electron chi connectivity index (χ1n) is 12.1. The summed E-state index contributed by atoms with van der Waals surface area (Å²) in [4.78, 5) is 0. The second-order valence-electron chi connectivity index (χ2n) is 8.86. The molecule has 35 heavy (non-hydrogen) atoms. The van der Waals surface area contributed by atoms with Crippen LogP contribution in [0.1, 0.15) is 5.56 Å². The van der Waals surface area contributed by atoms with E-state index in [2.05, 4.69) is 110 Å². The molecule has 6 rings (SSSR count). The van der Waals surface area contributed by atoms with Gasteiger partial charge in [0, 0.05) is 10.6 Å². The maximum Gasteiger partial charge on any atom is 0.155 e. The van der Waals surface area contributed by atoms with Crippen LogP contribution < -0.4 is 10.6 Å². The molecular formula is C33H25BO. The summed E-state index contributed by atoms with van der Waals surface area (Å²) in [5, 5.41) is 7.08. The highest BCUT2D eigenvalue weighted by Crippen LogP contribution is 2.41. The van der Waals surface area contributed by atoms with E-state index in [1.54, 1.807) is 0 Å². The van der Waals surface area contributed by atoms with E-state index in [9.17, 15) is 0 Å². The summed E-state index contributed by atoms with van der Waals surface area (Å²) in [6, 6.07) is 36.3. The van der Waals surface area contributed by atoms with E-state index in [1.807, 2.05) is 18.2 Å². The van der Waals surface area contributed by atoms with E-state index >= 15 is 0 Å². The third-order valence-corrected chi connectivity index (χ3v) is 6.86. The summed E-state index contributed by atoms with van der Waals surface area (Å²) >= 11 is 0. The fourth-order valence-corrected chi connectivity index (χ4v) is 5.20. The molecule has 5 aromatic carbocycles. The van der Waals surface area contributed by atoms with Gasteiger partial charge < -0.3 is 4.42 Å². The molecule has 2 heteroatoms. The highest BCUT2D eigenvalue weighted by atomic mass is 16.3. The van der Waals surface area contributed by atoms with Crippen LogP contribution in [0.5, 0.6) is 0 Å². The van der Waals surface area contributed by atoms with Crippen LogP contribution >= 0.6 is 0 Å². The summed E-state index contributed by atoms with van der Waals surface area (Å²) in [6.07, 6.45) is 4.29. The van der Waals surface area contributed by atoms with Gasteiger partial charge in [-0.3, -0.25) is 0 Å². The molecule has 0 N–H and O–H groups in total. The number of furan rings is 1. The van der Waals surface area contributed by atoms with Crippen molar-refractivity contribution in [1.29, 1.82) is 0 Å². The largest absolute Gasteiger partial charge is 0.456 e. The standard InChI is InChI=1S/C33H25BO/c1-22-24-14-10-11-19-31(24)35-30(22)21-20-29(34-2)33-27-17-8-6-15-25(27)32(23-12-4-3-5-13-23)26-16-7-9-18-28(26)33/h3-21,34H,1H2,2H3/b29-20-,30-21+. The molecule has 0 amide bonds. The van der Waals surface area contributed by atoms with Gasteiger partial charge in [0.2, 0.25) is 0 Å². The Kier molecular flexibility index (Phi) is 5.35. The summed E-state index contributed by atoms with van der Waals surface area (Å²) in [7, 11) is 0.905. The number of allylic oxidation sites excluding steroid dienone is 1. The van der Waals surface area contributed by atoms with Crippen molar-refractivity contribution in [2.24, 2.45) is 0 Å². The molecule has 1 heterocycles. The molecule has 0 bridgehead atoms. The van der Waals surface area contributed by atoms with Gasteiger partial charge in [-0.05, 0) is 50.4 Å². The second kappa shape index (κ2) is 8.81. The minimum atomic E-state index is 0.812. The van der Waals surface area contributed by atoms with Crippen molar-refractivity contribution >= 4 is 57.9 Å². The van der Waals surface area contributed by atoms with Gasteiger partial charge in [0.25, 0.3) is 0 Å². The Morgan fingerprint density at radius 2 is 1.23 bits per heavy atom. The van der Waals surface area contributed by atoms with Crippen LogP contribution in [0.25, 0.3) is 61.8 Å². The second-order valence-corrected chi connectivity index (χ2v) is 8.86. The topological polar surface area (TPSA) is 13.1 Å². The molecule has 0 radical (unpaired) electrons. The van der Waals surface area contributed by atoms with E-state index in [0.717, 1.165) is 28.9 Å². The third-order valence-electron chi connectivity index (χ3n) is 6.86. The molecule has 0 spiro atoms. The highest BCUT2D eigenvalue weighted by molar-refractivity contribution is 6.61. The quantitative estimate of drug-likeness (QED) is 0.207. The lowest BCUT2D eigenvalue weighted by Gasteiger charge is -2.18. The van der Waals surface area contributed by atoms with Gasteiger partial charge in [0.15, 0.2) is 7.28 Å². The van der Waals surface area contributed by atoms with E-state index in [-0.39, 0.29) is 0 Å². The van der Waals surface area contributed by atoms with Crippen molar-refractivity contribution in [3.8, 4) is 11.1 Å². The minimum Gasteiger partial charge on any atom is -0.456 e. The normalized spacial score (nSPS) is 12.6. The van der Waals surface area contributed by atoms with Gasteiger partial charge in [-0.15, -0.1) is 0 Å².